The number of ether oxygens (including phenoxy) is 5. The molecule has 1 saturated heterocycles. The number of piperazine rings is 1. The Labute approximate surface area is 403 Å². The van der Waals surface area contributed by atoms with Crippen molar-refractivity contribution >= 4 is 40.3 Å². The van der Waals surface area contributed by atoms with Gasteiger partial charge >= 0.3 is 11.8 Å². The van der Waals surface area contributed by atoms with Gasteiger partial charge in [0.25, 0.3) is 11.7 Å². The first-order chi connectivity index (χ1) is 32.6. The number of nitrogens with one attached hydrogen (secondary N) is 1. The van der Waals surface area contributed by atoms with Gasteiger partial charge in [0.05, 0.1) is 72.2 Å². The number of fused-ring (bicyclic) bond motifs is 14. The smallest absolute Gasteiger partial charge is 0.312 e. The number of methoxy groups -OCH3 is 2. The lowest BCUT2D eigenvalue weighted by molar-refractivity contribution is -0.160. The van der Waals surface area contributed by atoms with Gasteiger partial charge in [-0.3, -0.25) is 24.3 Å². The number of phenols is 3. The van der Waals surface area contributed by atoms with Crippen LogP contribution in [0.3, 0.4) is 0 Å². The Balaban J connectivity index is 1.48. The number of amides is 1. The minimum atomic E-state index is -2.08. The number of hydrazone groups is 1. The number of esters is 1. The zero-order valence-electron chi connectivity index (χ0n) is 41.5. The number of hydrogen-bond donors (Lipinski definition) is 6. The predicted molar refractivity (Wildman–Crippen MR) is 260 cm³/mol. The first-order valence-corrected chi connectivity index (χ1v) is 23.3. The third-order valence-electron chi connectivity index (χ3n) is 13.9. The zero-order chi connectivity index (χ0) is 50.8. The van der Waals surface area contributed by atoms with Crippen LogP contribution in [-0.4, -0.2) is 129 Å². The molecule has 0 spiro atoms. The Hall–Kier alpha value is -6.14. The Kier molecular flexibility index (Phi) is 16.1. The molecular weight excluding hydrogens is 889 g/mol. The molecule has 0 aromatic heterocycles. The lowest BCUT2D eigenvalue weighted by atomic mass is 9.78. The largest absolute Gasteiger partial charge is 0.507 e. The van der Waals surface area contributed by atoms with Crippen molar-refractivity contribution in [3.8, 4) is 28.7 Å². The summed E-state index contributed by atoms with van der Waals surface area (Å²) in [5.41, 5.74) is 0.595. The van der Waals surface area contributed by atoms with Gasteiger partial charge in [0.15, 0.2) is 5.75 Å². The fourth-order valence-corrected chi connectivity index (χ4v) is 9.85. The van der Waals surface area contributed by atoms with E-state index in [-0.39, 0.29) is 56.6 Å². The van der Waals surface area contributed by atoms with Gasteiger partial charge in [-0.15, -0.1) is 0 Å². The summed E-state index contributed by atoms with van der Waals surface area (Å²) in [6.45, 7) is 18.4. The van der Waals surface area contributed by atoms with Crippen molar-refractivity contribution in [1.82, 2.24) is 9.91 Å². The van der Waals surface area contributed by atoms with Gasteiger partial charge in [-0.05, 0) is 39.8 Å². The Morgan fingerprint density at radius 1 is 0.913 bits per heavy atom. The molecule has 4 heterocycles. The van der Waals surface area contributed by atoms with Crippen molar-refractivity contribution in [2.45, 2.75) is 118 Å². The van der Waals surface area contributed by atoms with E-state index in [9.17, 15) is 39.9 Å². The van der Waals surface area contributed by atoms with Crippen LogP contribution in [0.15, 0.2) is 65.5 Å². The highest BCUT2D eigenvalue weighted by Gasteiger charge is 2.50. The lowest BCUT2D eigenvalue weighted by Crippen LogP contribution is -2.54. The van der Waals surface area contributed by atoms with Crippen molar-refractivity contribution in [2.75, 3.05) is 32.6 Å². The van der Waals surface area contributed by atoms with Crippen LogP contribution in [0, 0.1) is 30.6 Å². The molecule has 5 bridgehead atoms. The monoisotopic (exact) mass is 956 g/mol. The van der Waals surface area contributed by atoms with Crippen LogP contribution in [0.25, 0.3) is 10.8 Å². The van der Waals surface area contributed by atoms with Crippen molar-refractivity contribution in [2.24, 2.45) is 28.8 Å². The number of para-hydroxylation sites is 1. The quantitative estimate of drug-likeness (QED) is 0.0627. The maximum absolute atomic E-state index is 14.7. The summed E-state index contributed by atoms with van der Waals surface area (Å²) in [5, 5.41) is 68.2. The Morgan fingerprint density at radius 3 is 2.22 bits per heavy atom. The second-order valence-electron chi connectivity index (χ2n) is 18.9. The third kappa shape index (κ3) is 10.4. The number of anilines is 1. The minimum absolute atomic E-state index is 0.0432. The maximum atomic E-state index is 14.7. The van der Waals surface area contributed by atoms with E-state index in [2.05, 4.69) is 10.2 Å². The first kappa shape index (κ1) is 52.2. The first-order valence-electron chi connectivity index (χ1n) is 23.3. The number of aromatic hydroxyl groups is 3. The molecule has 6 N–H and O–H groups in total. The van der Waals surface area contributed by atoms with E-state index in [1.165, 1.54) is 59.4 Å². The number of carbonyl (C=O) groups excluding carboxylic acids is 3. The predicted octanol–water partition coefficient (Wildman–Crippen LogP) is 6.69. The van der Waals surface area contributed by atoms with E-state index in [1.807, 2.05) is 43.1 Å². The van der Waals surface area contributed by atoms with Crippen LogP contribution >= 0.6 is 0 Å². The summed E-state index contributed by atoms with van der Waals surface area (Å²) < 4.78 is 29.4. The Morgan fingerprint density at radius 2 is 1.58 bits per heavy atom. The third-order valence-corrected chi connectivity index (χ3v) is 13.9. The molecule has 4 aliphatic rings. The molecule has 17 nitrogen and oxygen atoms in total. The molecule has 69 heavy (non-hydrogen) atoms. The number of allylic oxidation sites excluding steroid dienone is 2. The number of hydrogen-bond acceptors (Lipinski definition) is 16. The molecule has 3 aromatic rings. The number of rotatable bonds is 7. The number of carbonyl (C=O) groups is 3. The van der Waals surface area contributed by atoms with Gasteiger partial charge in [0.2, 0.25) is 0 Å². The second-order valence-corrected chi connectivity index (χ2v) is 18.9. The fraction of sp³-hybridized carbons (Fsp3) is 0.500. The number of ketones is 1. The number of phenolic OH excluding ortho intramolecular Hbond substituents is 3. The summed E-state index contributed by atoms with van der Waals surface area (Å²) in [7, 11) is 3.08. The summed E-state index contributed by atoms with van der Waals surface area (Å²) >= 11 is 0. The van der Waals surface area contributed by atoms with Crippen LogP contribution in [0.2, 0.25) is 0 Å². The molecule has 0 saturated carbocycles. The van der Waals surface area contributed by atoms with E-state index in [0.29, 0.717) is 19.6 Å². The molecule has 0 radical (unpaired) electrons. The topological polar surface area (TPSA) is 229 Å². The molecular formula is C52H68N4O13. The van der Waals surface area contributed by atoms with Crippen LogP contribution in [0.4, 0.5) is 5.69 Å². The highest BCUT2D eigenvalue weighted by molar-refractivity contribution is 6.23. The van der Waals surface area contributed by atoms with Gasteiger partial charge in [-0.25, -0.2) is 0 Å². The summed E-state index contributed by atoms with van der Waals surface area (Å²) in [4.78, 5) is 43.4. The molecule has 7 rings (SSSR count). The molecule has 11 atom stereocenters. The molecule has 17 heteroatoms. The van der Waals surface area contributed by atoms with Gasteiger partial charge in [-0.2, -0.15) is 5.10 Å². The van der Waals surface area contributed by atoms with Crippen molar-refractivity contribution in [1.29, 1.82) is 0 Å². The lowest BCUT2D eigenvalue weighted by Gasteiger charge is -2.43. The SMILES string of the molecule is COc1ccccc1CN1CC(C)N(/N=C/c2c3c(O)c4c(O)c(C)c5c(c4c2O)C(=O)C(C)(O/C=C/C(OC)C(C)C(OC(C)=O)C(C)C(O)C(C)C(O)C(C)/C=C/C=C(\C)C(=O)N3)O5)C(C)C1. The minimum Gasteiger partial charge on any atom is -0.507 e. The fourth-order valence-electron chi connectivity index (χ4n) is 9.85. The second kappa shape index (κ2) is 21.2. The van der Waals surface area contributed by atoms with E-state index < -0.39 is 88.8 Å². The maximum Gasteiger partial charge on any atom is 0.312 e. The molecule has 1 amide bonds. The van der Waals surface area contributed by atoms with Crippen LogP contribution in [-0.2, 0) is 30.3 Å². The molecule has 11 unspecified atom stereocenters. The average Bonchev–Trinajstić information content (AvgIpc) is 3.57. The molecule has 1 fully saturated rings. The highest BCUT2D eigenvalue weighted by Crippen LogP contribution is 2.55. The zero-order valence-corrected chi connectivity index (χ0v) is 41.5. The van der Waals surface area contributed by atoms with E-state index in [0.717, 1.165) is 11.3 Å². The summed E-state index contributed by atoms with van der Waals surface area (Å²) in [6.07, 6.45) is 4.83. The van der Waals surface area contributed by atoms with Gasteiger partial charge in [-0.1, -0.05) is 64.1 Å². The molecule has 374 valence electrons. The summed E-state index contributed by atoms with van der Waals surface area (Å²) in [5.74, 6) is -7.76. The van der Waals surface area contributed by atoms with Crippen LogP contribution < -0.4 is 14.8 Å². The number of aliphatic hydroxyl groups excluding tert-OH is 2. The number of benzene rings is 3. The van der Waals surface area contributed by atoms with E-state index >= 15 is 0 Å². The Bertz CT molecular complexity index is 2540. The van der Waals surface area contributed by atoms with Gasteiger partial charge in [0, 0.05) is 86.3 Å². The van der Waals surface area contributed by atoms with Crippen molar-refractivity contribution < 1.29 is 63.6 Å². The molecule has 3 aromatic carbocycles. The molecule has 0 aliphatic carbocycles. The van der Waals surface area contributed by atoms with Gasteiger partial charge < -0.3 is 54.5 Å². The van der Waals surface area contributed by atoms with E-state index in [1.54, 1.807) is 47.0 Å². The number of aliphatic hydroxyl groups is 2. The number of Topliss-reactive ketones (excluding diaryl/α,β-unsaturated/α-hetero) is 1. The summed E-state index contributed by atoms with van der Waals surface area (Å²) in [6, 6.07) is 7.52. The number of nitrogens with zero attached hydrogens (tertiary/aromatic N) is 3. The van der Waals surface area contributed by atoms with Crippen molar-refractivity contribution in [3.05, 3.63) is 82.7 Å². The molecule has 4 aliphatic heterocycles. The normalized spacial score (nSPS) is 31.2. The average molecular weight is 957 g/mol. The van der Waals surface area contributed by atoms with Crippen molar-refractivity contribution in [3.63, 3.8) is 0 Å². The van der Waals surface area contributed by atoms with Gasteiger partial charge in [0.1, 0.15) is 29.1 Å². The van der Waals surface area contributed by atoms with E-state index in [4.69, 9.17) is 28.8 Å². The standard InChI is InChI=1S/C52H68N4O13/c1-26-16-15-17-27(2)51(64)54-42-36(22-53-56-28(3)23-55(24-29(56)4)25-35-18-13-14-19-38(35)66-12)46(61)39-40(47(42)62)45(60)33(8)49-41(39)50(63)52(10,69-49)67-21-20-37(65-11)30(5)48(68-34(9)57)32(7)44(59)31(6)43(26)58/h13-22,26,28-32,37,43-44,48,58-62H,23-25H2,1-12H3,(H,54,64)/b16-15+,21-20+,27-17+,53-22+. The highest BCUT2D eigenvalue weighted by atomic mass is 16.7. The van der Waals surface area contributed by atoms with Crippen LogP contribution in [0.1, 0.15) is 89.4 Å². The van der Waals surface area contributed by atoms with Crippen LogP contribution in [0.5, 0.6) is 28.7 Å².